The predicted molar refractivity (Wildman–Crippen MR) is 103 cm³/mol. The maximum atomic E-state index is 2.65. The van der Waals surface area contributed by atoms with Gasteiger partial charge in [-0.1, -0.05) is 87.4 Å². The summed E-state index contributed by atoms with van der Waals surface area (Å²) in [7, 11) is 2.34. The van der Waals surface area contributed by atoms with E-state index < -0.39 is 0 Å². The zero-order valence-corrected chi connectivity index (χ0v) is 15.5. The summed E-state index contributed by atoms with van der Waals surface area (Å²) < 4.78 is 0. The first-order valence-electron chi connectivity index (χ1n) is 9.43. The maximum absolute atomic E-state index is 2.65. The predicted octanol–water partition coefficient (Wildman–Crippen LogP) is 5.80. The molecule has 0 saturated heterocycles. The quantitative estimate of drug-likeness (QED) is 0.673. The Morgan fingerprint density at radius 1 is 0.875 bits per heavy atom. The highest BCUT2D eigenvalue weighted by Crippen LogP contribution is 2.51. The zero-order valence-electron chi connectivity index (χ0n) is 15.5. The van der Waals surface area contributed by atoms with Crippen LogP contribution in [0.25, 0.3) is 0 Å². The van der Waals surface area contributed by atoms with Crippen LogP contribution in [0.1, 0.15) is 57.1 Å². The van der Waals surface area contributed by atoms with E-state index in [2.05, 4.69) is 86.5 Å². The van der Waals surface area contributed by atoms with E-state index in [9.17, 15) is 0 Å². The Kier molecular flexibility index (Phi) is 5.10. The van der Waals surface area contributed by atoms with Gasteiger partial charge in [-0.2, -0.15) is 0 Å². The molecule has 0 spiro atoms. The Morgan fingerprint density at radius 2 is 1.46 bits per heavy atom. The van der Waals surface area contributed by atoms with Gasteiger partial charge in [-0.15, -0.1) is 0 Å². The average Bonchev–Trinajstić information content (AvgIpc) is 2.64. The molecule has 2 aromatic rings. The highest BCUT2D eigenvalue weighted by molar-refractivity contribution is 5.31. The number of nitrogens with zero attached hydrogens (tertiary/aromatic N) is 1. The van der Waals surface area contributed by atoms with Crippen molar-refractivity contribution < 1.29 is 0 Å². The summed E-state index contributed by atoms with van der Waals surface area (Å²) in [6.45, 7) is 5.91. The molecule has 0 radical (unpaired) electrons. The minimum Gasteiger partial charge on any atom is -0.296 e. The molecular weight excluding hydrogens is 290 g/mol. The fourth-order valence-corrected chi connectivity index (χ4v) is 5.08. The van der Waals surface area contributed by atoms with Crippen molar-refractivity contribution in [1.29, 1.82) is 0 Å². The van der Waals surface area contributed by atoms with E-state index in [-0.39, 0.29) is 11.0 Å². The Balaban J connectivity index is 1.98. The molecule has 0 N–H and O–H groups in total. The Morgan fingerprint density at radius 3 is 2.08 bits per heavy atom. The van der Waals surface area contributed by atoms with Gasteiger partial charge in [0.1, 0.15) is 0 Å². The van der Waals surface area contributed by atoms with Crippen LogP contribution >= 0.6 is 0 Å². The van der Waals surface area contributed by atoms with Crippen LogP contribution in [0.5, 0.6) is 0 Å². The van der Waals surface area contributed by atoms with Crippen LogP contribution in [0.15, 0.2) is 60.7 Å². The molecule has 1 heteroatoms. The molecule has 2 aromatic carbocycles. The van der Waals surface area contributed by atoms with Crippen LogP contribution in [0.2, 0.25) is 0 Å². The van der Waals surface area contributed by atoms with Gasteiger partial charge in [0.15, 0.2) is 0 Å². The van der Waals surface area contributed by atoms with Crippen molar-refractivity contribution in [3.05, 3.63) is 71.8 Å². The third-order valence-electron chi connectivity index (χ3n) is 6.53. The first-order valence-corrected chi connectivity index (χ1v) is 9.43. The maximum Gasteiger partial charge on any atom is 0.0301 e. The van der Waals surface area contributed by atoms with E-state index in [1.807, 2.05) is 0 Å². The molecule has 3 rings (SSSR count). The van der Waals surface area contributed by atoms with E-state index in [0.29, 0.717) is 0 Å². The summed E-state index contributed by atoms with van der Waals surface area (Å²) in [4.78, 5) is 2.65. The van der Waals surface area contributed by atoms with Crippen molar-refractivity contribution >= 4 is 0 Å². The standard InChI is InChI=1S/C23H31N/c1-4-23(24(3)19-20-13-7-5-8-14-20)18-12-11-17-22(23,2)21-15-9-6-10-16-21/h5-10,13-16H,4,11-12,17-19H2,1-3H3. The first-order chi connectivity index (χ1) is 11.6. The molecular formula is C23H31N. The van der Waals surface area contributed by atoms with Crippen molar-refractivity contribution in [2.45, 2.75) is 63.5 Å². The number of hydrogen-bond donors (Lipinski definition) is 0. The highest BCUT2D eigenvalue weighted by Gasteiger charge is 2.51. The first kappa shape index (κ1) is 17.2. The van der Waals surface area contributed by atoms with Gasteiger partial charge in [0.25, 0.3) is 0 Å². The van der Waals surface area contributed by atoms with Crippen molar-refractivity contribution in [1.82, 2.24) is 4.90 Å². The molecule has 1 nitrogen and oxygen atoms in total. The van der Waals surface area contributed by atoms with Crippen LogP contribution in [0.3, 0.4) is 0 Å². The third-order valence-corrected chi connectivity index (χ3v) is 6.53. The summed E-state index contributed by atoms with van der Waals surface area (Å²) in [5.74, 6) is 0. The Labute approximate surface area is 147 Å². The molecule has 1 aliphatic rings. The number of benzene rings is 2. The van der Waals surface area contributed by atoms with E-state index >= 15 is 0 Å². The second-order valence-corrected chi connectivity index (χ2v) is 7.63. The molecule has 24 heavy (non-hydrogen) atoms. The molecule has 1 saturated carbocycles. The van der Waals surface area contributed by atoms with Crippen molar-refractivity contribution in [3.8, 4) is 0 Å². The number of likely N-dealkylation sites (N-methyl/N-ethyl adjacent to an activating group) is 1. The molecule has 128 valence electrons. The fraction of sp³-hybridized carbons (Fsp3) is 0.478. The topological polar surface area (TPSA) is 3.24 Å². The van der Waals surface area contributed by atoms with Gasteiger partial charge >= 0.3 is 0 Å². The van der Waals surface area contributed by atoms with Crippen molar-refractivity contribution in [2.24, 2.45) is 0 Å². The molecule has 0 heterocycles. The lowest BCUT2D eigenvalue weighted by Gasteiger charge is -2.57. The SMILES string of the molecule is CCC1(N(C)Cc2ccccc2)CCCCC1(C)c1ccccc1. The Hall–Kier alpha value is -1.60. The molecule has 1 aliphatic carbocycles. The van der Waals surface area contributed by atoms with Crippen LogP contribution < -0.4 is 0 Å². The molecule has 1 fully saturated rings. The average molecular weight is 322 g/mol. The molecule has 0 aromatic heterocycles. The van der Waals surface area contributed by atoms with E-state index in [4.69, 9.17) is 0 Å². The van der Waals surface area contributed by atoms with Crippen LogP contribution in [0, 0.1) is 0 Å². The second-order valence-electron chi connectivity index (χ2n) is 7.63. The van der Waals surface area contributed by atoms with Crippen LogP contribution in [-0.4, -0.2) is 17.5 Å². The zero-order chi connectivity index (χ0) is 17.0. The largest absolute Gasteiger partial charge is 0.296 e. The lowest BCUT2D eigenvalue weighted by molar-refractivity contribution is -0.00787. The number of rotatable bonds is 5. The third kappa shape index (κ3) is 2.91. The molecule has 2 unspecified atom stereocenters. The molecule has 0 bridgehead atoms. The van der Waals surface area contributed by atoms with Gasteiger partial charge in [-0.3, -0.25) is 4.90 Å². The summed E-state index contributed by atoms with van der Waals surface area (Å²) in [5.41, 5.74) is 3.35. The van der Waals surface area contributed by atoms with Crippen LogP contribution in [-0.2, 0) is 12.0 Å². The molecule has 2 atom stereocenters. The number of hydrogen-bond acceptors (Lipinski definition) is 1. The normalized spacial score (nSPS) is 27.3. The fourth-order valence-electron chi connectivity index (χ4n) is 5.08. The van der Waals surface area contributed by atoms with Crippen molar-refractivity contribution in [3.63, 3.8) is 0 Å². The monoisotopic (exact) mass is 321 g/mol. The van der Waals surface area contributed by atoms with Gasteiger partial charge in [0.05, 0.1) is 0 Å². The van der Waals surface area contributed by atoms with Crippen LogP contribution in [0.4, 0.5) is 0 Å². The Bertz CT molecular complexity index is 636. The highest BCUT2D eigenvalue weighted by atomic mass is 15.2. The molecule has 0 aliphatic heterocycles. The van der Waals surface area contributed by atoms with Gasteiger partial charge in [0.2, 0.25) is 0 Å². The summed E-state index contributed by atoms with van der Waals surface area (Å²) >= 11 is 0. The minimum absolute atomic E-state index is 0.213. The van der Waals surface area contributed by atoms with Gasteiger partial charge in [0, 0.05) is 17.5 Å². The van der Waals surface area contributed by atoms with Crippen molar-refractivity contribution in [2.75, 3.05) is 7.05 Å². The second kappa shape index (κ2) is 7.11. The summed E-state index contributed by atoms with van der Waals surface area (Å²) in [5, 5.41) is 0. The van der Waals surface area contributed by atoms with Gasteiger partial charge in [-0.05, 0) is 37.4 Å². The van der Waals surface area contributed by atoms with E-state index in [0.717, 1.165) is 6.54 Å². The van der Waals surface area contributed by atoms with E-state index in [1.165, 1.54) is 43.2 Å². The smallest absolute Gasteiger partial charge is 0.0301 e. The minimum atomic E-state index is 0.213. The van der Waals surface area contributed by atoms with E-state index in [1.54, 1.807) is 0 Å². The van der Waals surface area contributed by atoms with Gasteiger partial charge in [-0.25, -0.2) is 0 Å². The lowest BCUT2D eigenvalue weighted by atomic mass is 9.57. The molecule has 0 amide bonds. The van der Waals surface area contributed by atoms with Gasteiger partial charge < -0.3 is 0 Å². The summed E-state index contributed by atoms with van der Waals surface area (Å²) in [6, 6.07) is 22.1. The lowest BCUT2D eigenvalue weighted by Crippen LogP contribution is -2.61. The summed E-state index contributed by atoms with van der Waals surface area (Å²) in [6.07, 6.45) is 6.45.